The van der Waals surface area contributed by atoms with Crippen LogP contribution < -0.4 is 0 Å². The number of hydrogen-bond donors (Lipinski definition) is 1. The number of pyridine rings is 1. The summed E-state index contributed by atoms with van der Waals surface area (Å²) in [6.07, 6.45) is 2.69. The molecular formula is C11H10FN3O2. The van der Waals surface area contributed by atoms with Crippen LogP contribution in [-0.2, 0) is 6.54 Å². The van der Waals surface area contributed by atoms with E-state index in [1.807, 2.05) is 0 Å². The van der Waals surface area contributed by atoms with Gasteiger partial charge in [-0.1, -0.05) is 6.07 Å². The van der Waals surface area contributed by atoms with Gasteiger partial charge in [-0.05, 0) is 18.6 Å². The third-order valence-electron chi connectivity index (χ3n) is 2.37. The first-order chi connectivity index (χ1) is 8.06. The fourth-order valence-electron chi connectivity index (χ4n) is 1.46. The van der Waals surface area contributed by atoms with E-state index in [2.05, 4.69) is 10.1 Å². The van der Waals surface area contributed by atoms with Gasteiger partial charge in [0.2, 0.25) is 5.95 Å². The number of aromatic nitrogens is 3. The maximum absolute atomic E-state index is 12.8. The van der Waals surface area contributed by atoms with Gasteiger partial charge in [0, 0.05) is 11.9 Å². The Balaban J connectivity index is 2.22. The van der Waals surface area contributed by atoms with Gasteiger partial charge in [-0.25, -0.2) is 9.78 Å². The molecule has 2 aromatic rings. The Labute approximate surface area is 96.5 Å². The number of nitrogens with zero attached hydrogens (tertiary/aromatic N) is 3. The first kappa shape index (κ1) is 11.3. The van der Waals surface area contributed by atoms with Crippen LogP contribution in [0.1, 0.15) is 21.6 Å². The number of halogens is 1. The average Bonchev–Trinajstić information content (AvgIpc) is 2.71. The molecule has 0 unspecified atom stereocenters. The Hall–Kier alpha value is -2.24. The topological polar surface area (TPSA) is 68.0 Å². The van der Waals surface area contributed by atoms with Crippen LogP contribution in [0.3, 0.4) is 0 Å². The number of carboxylic acids is 1. The molecule has 0 saturated heterocycles. The van der Waals surface area contributed by atoms with E-state index in [4.69, 9.17) is 5.11 Å². The molecule has 0 spiro atoms. The highest BCUT2D eigenvalue weighted by Crippen LogP contribution is 2.08. The summed E-state index contributed by atoms with van der Waals surface area (Å²) in [6.45, 7) is 2.06. The van der Waals surface area contributed by atoms with Gasteiger partial charge >= 0.3 is 5.97 Å². The Morgan fingerprint density at radius 1 is 1.53 bits per heavy atom. The SMILES string of the molecule is Cc1nc(F)ccc1Cn1cc(C(=O)O)cn1. The van der Waals surface area contributed by atoms with Gasteiger partial charge in [0.25, 0.3) is 0 Å². The number of carbonyl (C=O) groups is 1. The van der Waals surface area contributed by atoms with E-state index in [0.717, 1.165) is 5.56 Å². The average molecular weight is 235 g/mol. The van der Waals surface area contributed by atoms with Gasteiger partial charge in [0.05, 0.1) is 18.3 Å². The molecule has 0 saturated carbocycles. The van der Waals surface area contributed by atoms with Crippen LogP contribution in [-0.4, -0.2) is 25.8 Å². The van der Waals surface area contributed by atoms with Gasteiger partial charge in [-0.3, -0.25) is 4.68 Å². The van der Waals surface area contributed by atoms with Crippen LogP contribution in [0.25, 0.3) is 0 Å². The molecule has 0 amide bonds. The van der Waals surface area contributed by atoms with Crippen molar-refractivity contribution in [3.05, 3.63) is 47.3 Å². The molecule has 0 aromatic carbocycles. The fraction of sp³-hybridized carbons (Fsp3) is 0.182. The zero-order valence-electron chi connectivity index (χ0n) is 9.09. The van der Waals surface area contributed by atoms with Crippen LogP contribution in [0.5, 0.6) is 0 Å². The minimum absolute atomic E-state index is 0.123. The van der Waals surface area contributed by atoms with Crippen molar-refractivity contribution in [2.75, 3.05) is 0 Å². The smallest absolute Gasteiger partial charge is 0.338 e. The van der Waals surface area contributed by atoms with Crippen molar-refractivity contribution < 1.29 is 14.3 Å². The van der Waals surface area contributed by atoms with Crippen molar-refractivity contribution in [1.29, 1.82) is 0 Å². The Kier molecular flexibility index (Phi) is 2.86. The maximum Gasteiger partial charge on any atom is 0.338 e. The fourth-order valence-corrected chi connectivity index (χ4v) is 1.46. The van der Waals surface area contributed by atoms with Crippen molar-refractivity contribution in [1.82, 2.24) is 14.8 Å². The Morgan fingerprint density at radius 3 is 2.88 bits per heavy atom. The molecule has 5 nitrogen and oxygen atoms in total. The maximum atomic E-state index is 12.8. The first-order valence-electron chi connectivity index (χ1n) is 4.94. The summed E-state index contributed by atoms with van der Waals surface area (Å²) in [5, 5.41) is 12.7. The minimum Gasteiger partial charge on any atom is -0.478 e. The molecule has 2 rings (SSSR count). The molecule has 0 fully saturated rings. The molecule has 17 heavy (non-hydrogen) atoms. The normalized spacial score (nSPS) is 10.5. The number of aromatic carboxylic acids is 1. The second-order valence-electron chi connectivity index (χ2n) is 3.61. The zero-order valence-corrected chi connectivity index (χ0v) is 9.09. The van der Waals surface area contributed by atoms with Crippen molar-refractivity contribution >= 4 is 5.97 Å². The largest absolute Gasteiger partial charge is 0.478 e. The zero-order chi connectivity index (χ0) is 12.4. The van der Waals surface area contributed by atoms with Crippen molar-refractivity contribution in [2.24, 2.45) is 0 Å². The van der Waals surface area contributed by atoms with Gasteiger partial charge in [-0.15, -0.1) is 0 Å². The van der Waals surface area contributed by atoms with E-state index in [1.165, 1.54) is 23.1 Å². The predicted octanol–water partition coefficient (Wildman–Crippen LogP) is 1.47. The molecule has 0 bridgehead atoms. The third kappa shape index (κ3) is 2.47. The molecular weight excluding hydrogens is 225 g/mol. The van der Waals surface area contributed by atoms with Crippen molar-refractivity contribution in [3.8, 4) is 0 Å². The van der Waals surface area contributed by atoms with E-state index in [1.54, 1.807) is 13.0 Å². The minimum atomic E-state index is -1.02. The highest BCUT2D eigenvalue weighted by atomic mass is 19.1. The Bertz CT molecular complexity index is 566. The van der Waals surface area contributed by atoms with Crippen LogP contribution in [0.15, 0.2) is 24.5 Å². The predicted molar refractivity (Wildman–Crippen MR) is 57.2 cm³/mol. The lowest BCUT2D eigenvalue weighted by Crippen LogP contribution is -2.04. The molecule has 6 heteroatoms. The van der Waals surface area contributed by atoms with E-state index in [-0.39, 0.29) is 5.56 Å². The van der Waals surface area contributed by atoms with Gasteiger partial charge in [0.15, 0.2) is 0 Å². The van der Waals surface area contributed by atoms with Crippen LogP contribution in [0, 0.1) is 12.9 Å². The molecule has 0 atom stereocenters. The first-order valence-corrected chi connectivity index (χ1v) is 4.94. The molecule has 2 heterocycles. The van der Waals surface area contributed by atoms with E-state index in [0.29, 0.717) is 12.2 Å². The molecule has 88 valence electrons. The molecule has 1 N–H and O–H groups in total. The lowest BCUT2D eigenvalue weighted by molar-refractivity contribution is 0.0697. The lowest BCUT2D eigenvalue weighted by atomic mass is 10.2. The van der Waals surface area contributed by atoms with E-state index >= 15 is 0 Å². The highest BCUT2D eigenvalue weighted by Gasteiger charge is 2.07. The molecule has 0 aliphatic heterocycles. The van der Waals surface area contributed by atoms with Crippen molar-refractivity contribution in [2.45, 2.75) is 13.5 Å². The van der Waals surface area contributed by atoms with Gasteiger partial charge < -0.3 is 5.11 Å². The van der Waals surface area contributed by atoms with Gasteiger partial charge in [0.1, 0.15) is 0 Å². The second kappa shape index (κ2) is 4.32. The molecule has 0 radical (unpaired) electrons. The van der Waals surface area contributed by atoms with Crippen LogP contribution >= 0.6 is 0 Å². The molecule has 2 aromatic heterocycles. The number of hydrogen-bond acceptors (Lipinski definition) is 3. The summed E-state index contributed by atoms with van der Waals surface area (Å²) in [4.78, 5) is 14.4. The monoisotopic (exact) mass is 235 g/mol. The number of rotatable bonds is 3. The number of carboxylic acid groups (broad SMARTS) is 1. The summed E-state index contributed by atoms with van der Waals surface area (Å²) < 4.78 is 14.3. The van der Waals surface area contributed by atoms with E-state index < -0.39 is 11.9 Å². The standard InChI is InChI=1S/C11H10FN3O2/c1-7-8(2-3-10(12)14-7)5-15-6-9(4-13-15)11(16)17/h2-4,6H,5H2,1H3,(H,16,17). The second-order valence-corrected chi connectivity index (χ2v) is 3.61. The van der Waals surface area contributed by atoms with Crippen molar-refractivity contribution in [3.63, 3.8) is 0 Å². The summed E-state index contributed by atoms with van der Waals surface area (Å²) in [5.74, 6) is -1.55. The van der Waals surface area contributed by atoms with Crippen LogP contribution in [0.4, 0.5) is 4.39 Å². The summed E-state index contributed by atoms with van der Waals surface area (Å²) in [5.41, 5.74) is 1.49. The quantitative estimate of drug-likeness (QED) is 0.818. The summed E-state index contributed by atoms with van der Waals surface area (Å²) in [7, 11) is 0. The molecule has 0 aliphatic carbocycles. The molecule has 0 aliphatic rings. The highest BCUT2D eigenvalue weighted by molar-refractivity contribution is 5.86. The lowest BCUT2D eigenvalue weighted by Gasteiger charge is -2.04. The third-order valence-corrected chi connectivity index (χ3v) is 2.37. The van der Waals surface area contributed by atoms with E-state index in [9.17, 15) is 9.18 Å². The summed E-state index contributed by atoms with van der Waals surface area (Å²) >= 11 is 0. The summed E-state index contributed by atoms with van der Waals surface area (Å²) in [6, 6.07) is 2.88. The van der Waals surface area contributed by atoms with Crippen LogP contribution in [0.2, 0.25) is 0 Å². The Morgan fingerprint density at radius 2 is 2.29 bits per heavy atom. The van der Waals surface area contributed by atoms with Gasteiger partial charge in [-0.2, -0.15) is 9.49 Å². The number of aryl methyl sites for hydroxylation is 1.